The molecule has 6 heteroatoms. The number of hydrogen-bond acceptors (Lipinski definition) is 0. The Morgan fingerprint density at radius 2 is 0.500 bits per heavy atom. The van der Waals surface area contributed by atoms with Gasteiger partial charge in [0.1, 0.15) is 0 Å². The molecule has 6 heavy (non-hydrogen) atoms. The van der Waals surface area contributed by atoms with E-state index >= 15 is 0 Å². The molecule has 32 valence electrons. The van der Waals surface area contributed by atoms with Crippen molar-refractivity contribution in [3.63, 3.8) is 0 Å². The van der Waals surface area contributed by atoms with Gasteiger partial charge in [0.2, 0.25) is 0 Å². The van der Waals surface area contributed by atoms with Crippen molar-refractivity contribution in [3.8, 4) is 0 Å². The normalized spacial score (nSPS) is 0. The van der Waals surface area contributed by atoms with Gasteiger partial charge < -0.3 is 49.6 Å². The summed E-state index contributed by atoms with van der Waals surface area (Å²) >= 11 is 0. The van der Waals surface area contributed by atoms with Gasteiger partial charge >= 0.3 is 102 Å². The van der Waals surface area contributed by atoms with Gasteiger partial charge in [0.15, 0.2) is 0 Å². The predicted molar refractivity (Wildman–Crippen MR) is 0 cm³/mol. The molecule has 0 fully saturated rings. The fourth-order valence-electron chi connectivity index (χ4n) is 0. The van der Waals surface area contributed by atoms with Crippen LogP contribution in [0.4, 0.5) is 0 Å². The zero-order valence-corrected chi connectivity index (χ0v) is 15.2. The minimum absolute atomic E-state index is 0. The first-order chi connectivity index (χ1) is 0. The van der Waals surface area contributed by atoms with Crippen molar-refractivity contribution in [3.05, 3.63) is 0 Å². The van der Waals surface area contributed by atoms with Gasteiger partial charge in [-0.05, 0) is 0 Å². The second kappa shape index (κ2) is 34.6. The number of rotatable bonds is 0. The van der Waals surface area contributed by atoms with Crippen LogP contribution < -0.4 is 119 Å². The Morgan fingerprint density at radius 1 is 0.500 bits per heavy atom. The summed E-state index contributed by atoms with van der Waals surface area (Å²) in [5.41, 5.74) is 0. The fraction of sp³-hybridized carbons (Fsp3) is 0. The third-order valence-corrected chi connectivity index (χ3v) is 0. The molecule has 0 aromatic carbocycles. The van der Waals surface area contributed by atoms with Crippen LogP contribution in [0.3, 0.4) is 0 Å². The van der Waals surface area contributed by atoms with Gasteiger partial charge in [-0.25, -0.2) is 0 Å². The summed E-state index contributed by atoms with van der Waals surface area (Å²) in [5.74, 6) is 0. The minimum atomic E-state index is 0. The summed E-state index contributed by atoms with van der Waals surface area (Å²) in [6.07, 6.45) is 0. The van der Waals surface area contributed by atoms with Crippen molar-refractivity contribution in [2.75, 3.05) is 0 Å². The van der Waals surface area contributed by atoms with Crippen molar-refractivity contribution in [2.45, 2.75) is 0 Å². The van der Waals surface area contributed by atoms with Crippen LogP contribution in [0, 0.1) is 0 Å². The summed E-state index contributed by atoms with van der Waals surface area (Å²) in [5, 5.41) is 0. The first-order valence-corrected chi connectivity index (χ1v) is 0. The smallest absolute Gasteiger partial charge is 1.00 e. The Hall–Kier alpha value is 4.32. The molecule has 0 unspecified atom stereocenters. The first kappa shape index (κ1) is 48.1. The van der Waals surface area contributed by atoms with Gasteiger partial charge in [-0.2, -0.15) is 0 Å². The van der Waals surface area contributed by atoms with Crippen LogP contribution in [0.15, 0.2) is 0 Å². The maximum atomic E-state index is 0. The van der Waals surface area contributed by atoms with Crippen LogP contribution in [0.5, 0.6) is 0 Å². The quantitative estimate of drug-likeness (QED) is 0.401. The fourth-order valence-corrected chi connectivity index (χ4v) is 0. The van der Waals surface area contributed by atoms with E-state index in [0.717, 1.165) is 0 Å². The number of halogens is 4. The molecule has 0 spiro atoms. The maximum Gasteiger partial charge on any atom is 3.00 e. The molecule has 0 saturated carbocycles. The van der Waals surface area contributed by atoms with E-state index in [1.54, 1.807) is 0 Å². The van der Waals surface area contributed by atoms with Gasteiger partial charge in [0.05, 0.1) is 0 Å². The Kier molecular flexibility index (Phi) is 277. The molecule has 0 radical (unpaired) electrons. The second-order valence-corrected chi connectivity index (χ2v) is 0. The van der Waals surface area contributed by atoms with Gasteiger partial charge in [-0.1, -0.05) is 0 Å². The van der Waals surface area contributed by atoms with E-state index in [1.807, 2.05) is 0 Å². The maximum absolute atomic E-state index is 0. The molecule has 0 aliphatic heterocycles. The summed E-state index contributed by atoms with van der Waals surface area (Å²) in [7, 11) is 0. The van der Waals surface area contributed by atoms with Crippen molar-refractivity contribution >= 4 is 0 Å². The van der Waals surface area contributed by atoms with Crippen LogP contribution >= 0.6 is 0 Å². The van der Waals surface area contributed by atoms with Crippen LogP contribution in [0.1, 0.15) is 0 Å². The van der Waals surface area contributed by atoms with Crippen molar-refractivity contribution in [2.24, 2.45) is 0 Å². The molecule has 0 aliphatic carbocycles. The zero-order chi connectivity index (χ0) is 0. The molecular weight excluding hydrogens is 364 g/mol. The molecule has 0 bridgehead atoms. The van der Waals surface area contributed by atoms with Crippen LogP contribution in [0.25, 0.3) is 0 Å². The third-order valence-electron chi connectivity index (χ3n) is 0. The molecule has 0 atom stereocenters. The monoisotopic (exact) mass is 362 g/mol. The van der Waals surface area contributed by atoms with E-state index in [9.17, 15) is 0 Å². The molecule has 0 saturated heterocycles. The Labute approximate surface area is 147 Å². The molecule has 0 N–H and O–H groups in total. The van der Waals surface area contributed by atoms with Gasteiger partial charge in [0.25, 0.3) is 0 Å². The van der Waals surface area contributed by atoms with Gasteiger partial charge in [0, 0.05) is 0 Å². The second-order valence-electron chi connectivity index (χ2n) is 0. The molecule has 0 aromatic rings. The van der Waals surface area contributed by atoms with E-state index in [2.05, 4.69) is 0 Å². The molecule has 0 amide bonds. The SMILES string of the molecule is [Cl-].[Cl-].[Cl-].[Cl-].[Cs+].[Y+3]. The summed E-state index contributed by atoms with van der Waals surface area (Å²) in [6.45, 7) is 0. The van der Waals surface area contributed by atoms with E-state index in [4.69, 9.17) is 0 Å². The first-order valence-electron chi connectivity index (χ1n) is 0. The minimum Gasteiger partial charge on any atom is -1.00 e. The van der Waals surface area contributed by atoms with Crippen molar-refractivity contribution in [1.82, 2.24) is 0 Å². The molecule has 0 aromatic heterocycles. The Bertz CT molecular complexity index is 7.51. The van der Waals surface area contributed by atoms with Crippen molar-refractivity contribution < 1.29 is 151 Å². The zero-order valence-electron chi connectivity index (χ0n) is 3.09. The van der Waals surface area contributed by atoms with E-state index < -0.39 is 0 Å². The van der Waals surface area contributed by atoms with Crippen LogP contribution in [-0.2, 0) is 32.7 Å². The average molecular weight is 364 g/mol. The topological polar surface area (TPSA) is 0 Å². The van der Waals surface area contributed by atoms with Crippen LogP contribution in [0.2, 0.25) is 0 Å². The summed E-state index contributed by atoms with van der Waals surface area (Å²) in [4.78, 5) is 0. The molecule has 0 aliphatic rings. The van der Waals surface area contributed by atoms with Gasteiger partial charge in [-0.15, -0.1) is 0 Å². The number of hydrogen-bond donors (Lipinski definition) is 0. The van der Waals surface area contributed by atoms with E-state index in [-0.39, 0.29) is 151 Å². The Morgan fingerprint density at radius 3 is 0.500 bits per heavy atom. The molecule has 0 nitrogen and oxygen atoms in total. The van der Waals surface area contributed by atoms with E-state index in [1.165, 1.54) is 0 Å². The largest absolute Gasteiger partial charge is 3.00 e. The molecular formula is Cl4CsY. The molecule has 0 rings (SSSR count). The molecule has 0 heterocycles. The van der Waals surface area contributed by atoms with Crippen LogP contribution in [-0.4, -0.2) is 0 Å². The van der Waals surface area contributed by atoms with Gasteiger partial charge in [-0.3, -0.25) is 0 Å². The predicted octanol–water partition coefficient (Wildman–Crippen LogP) is -15.0. The average Bonchev–Trinajstić information content (AvgIpc) is 0. The summed E-state index contributed by atoms with van der Waals surface area (Å²) in [6, 6.07) is 0. The Balaban J connectivity index is 0. The van der Waals surface area contributed by atoms with Crippen molar-refractivity contribution in [1.29, 1.82) is 0 Å². The van der Waals surface area contributed by atoms with E-state index in [0.29, 0.717) is 0 Å². The summed E-state index contributed by atoms with van der Waals surface area (Å²) < 4.78 is 0. The standard InChI is InChI=1S/4ClH.Cs.Y/h4*1H;;/q;;;;+1;+3/p-4. The third kappa shape index (κ3) is 23.9.